The summed E-state index contributed by atoms with van der Waals surface area (Å²) in [5, 5.41) is 0. The monoisotopic (exact) mass is 402 g/mol. The Hall–Kier alpha value is 0.1000. The molecule has 1 aromatic carbocycles. The summed E-state index contributed by atoms with van der Waals surface area (Å²) in [5.74, 6) is 1.68. The van der Waals surface area contributed by atoms with Crippen molar-refractivity contribution in [2.75, 3.05) is 19.6 Å². The maximum Gasteiger partial charge on any atom is 0.0470 e. The number of benzene rings is 1. The lowest BCUT2D eigenvalue weighted by Gasteiger charge is -2.38. The van der Waals surface area contributed by atoms with E-state index in [0.717, 1.165) is 20.8 Å². The Balaban J connectivity index is 2.07. The lowest BCUT2D eigenvalue weighted by molar-refractivity contribution is 0.117. The summed E-state index contributed by atoms with van der Waals surface area (Å²) in [6.07, 6.45) is 2.59. The molecule has 4 heteroatoms. The summed E-state index contributed by atoms with van der Waals surface area (Å²) in [4.78, 5) is 2.55. The van der Waals surface area contributed by atoms with Gasteiger partial charge in [0.2, 0.25) is 0 Å². The number of hydrogen-bond acceptors (Lipinski definition) is 2. The molecule has 1 heterocycles. The van der Waals surface area contributed by atoms with Crippen LogP contribution in [0.3, 0.4) is 0 Å². The normalized spacial score (nSPS) is 19.5. The van der Waals surface area contributed by atoms with E-state index in [4.69, 9.17) is 5.73 Å². The smallest absolute Gasteiger partial charge is 0.0470 e. The second-order valence-corrected chi connectivity index (χ2v) is 7.75. The number of hydrogen-bond donors (Lipinski definition) is 1. The zero-order chi connectivity index (χ0) is 14.7. The molecule has 0 aliphatic carbocycles. The highest BCUT2D eigenvalue weighted by molar-refractivity contribution is 9.13. The summed E-state index contributed by atoms with van der Waals surface area (Å²) < 4.78 is 2.20. The van der Waals surface area contributed by atoms with Crippen molar-refractivity contribution in [1.82, 2.24) is 4.90 Å². The molecule has 1 aliphatic heterocycles. The van der Waals surface area contributed by atoms with Gasteiger partial charge in [0.25, 0.3) is 0 Å². The van der Waals surface area contributed by atoms with Crippen LogP contribution in [-0.4, -0.2) is 24.5 Å². The minimum absolute atomic E-state index is 0.340. The molecule has 2 nitrogen and oxygen atoms in total. The van der Waals surface area contributed by atoms with E-state index in [1.165, 1.54) is 31.5 Å². The van der Waals surface area contributed by atoms with Gasteiger partial charge >= 0.3 is 0 Å². The molecule has 0 amide bonds. The Kier molecular flexibility index (Phi) is 6.09. The van der Waals surface area contributed by atoms with E-state index in [2.05, 4.69) is 68.8 Å². The van der Waals surface area contributed by atoms with Crippen molar-refractivity contribution in [1.29, 1.82) is 0 Å². The minimum atomic E-state index is 0.340. The lowest BCUT2D eigenvalue weighted by Crippen LogP contribution is -2.40. The molecule has 112 valence electrons. The van der Waals surface area contributed by atoms with Gasteiger partial charge in [-0.25, -0.2) is 0 Å². The summed E-state index contributed by atoms with van der Waals surface area (Å²) in [6.45, 7) is 7.69. The second kappa shape index (κ2) is 7.39. The van der Waals surface area contributed by atoms with Crippen molar-refractivity contribution < 1.29 is 0 Å². The van der Waals surface area contributed by atoms with Crippen LogP contribution in [0.5, 0.6) is 0 Å². The zero-order valence-electron chi connectivity index (χ0n) is 12.3. The predicted octanol–water partition coefficient (Wildman–Crippen LogP) is 4.58. The van der Waals surface area contributed by atoms with Crippen LogP contribution in [0.15, 0.2) is 27.1 Å². The molecule has 0 radical (unpaired) electrons. The molecule has 1 saturated heterocycles. The Morgan fingerprint density at radius 2 is 1.85 bits per heavy atom. The minimum Gasteiger partial charge on any atom is -0.329 e. The molecule has 0 bridgehead atoms. The van der Waals surface area contributed by atoms with Gasteiger partial charge in [-0.2, -0.15) is 0 Å². The Bertz CT molecular complexity index is 440. The molecule has 1 aliphatic rings. The average molecular weight is 404 g/mol. The highest BCUT2D eigenvalue weighted by atomic mass is 79.9. The van der Waals surface area contributed by atoms with E-state index < -0.39 is 0 Å². The summed E-state index contributed by atoms with van der Waals surface area (Å²) in [6, 6.07) is 6.81. The largest absolute Gasteiger partial charge is 0.329 e. The van der Waals surface area contributed by atoms with Gasteiger partial charge in [-0.15, -0.1) is 0 Å². The molecule has 0 saturated carbocycles. The van der Waals surface area contributed by atoms with Crippen molar-refractivity contribution >= 4 is 31.9 Å². The fraction of sp³-hybridized carbons (Fsp3) is 0.625. The SMILES string of the molecule is CC(C)C1CCN(C(CN)c2ccc(Br)c(Br)c2)CC1. The van der Waals surface area contributed by atoms with E-state index >= 15 is 0 Å². The Morgan fingerprint density at radius 1 is 1.20 bits per heavy atom. The molecule has 1 aromatic rings. The molecule has 2 N–H and O–H groups in total. The van der Waals surface area contributed by atoms with Crippen LogP contribution in [-0.2, 0) is 0 Å². The number of piperidine rings is 1. The third-order valence-electron chi connectivity index (χ3n) is 4.51. The first-order valence-electron chi connectivity index (χ1n) is 7.42. The van der Waals surface area contributed by atoms with Crippen LogP contribution in [0.4, 0.5) is 0 Å². The average Bonchev–Trinajstić information content (AvgIpc) is 2.44. The van der Waals surface area contributed by atoms with Crippen molar-refractivity contribution in [2.45, 2.75) is 32.7 Å². The van der Waals surface area contributed by atoms with Crippen molar-refractivity contribution in [3.63, 3.8) is 0 Å². The van der Waals surface area contributed by atoms with Gasteiger partial charge in [-0.05, 0) is 87.3 Å². The number of nitrogens with zero attached hydrogens (tertiary/aromatic N) is 1. The van der Waals surface area contributed by atoms with Crippen molar-refractivity contribution in [3.8, 4) is 0 Å². The van der Waals surface area contributed by atoms with E-state index in [1.54, 1.807) is 0 Å². The molecule has 1 atom stereocenters. The van der Waals surface area contributed by atoms with Crippen LogP contribution in [0.2, 0.25) is 0 Å². The van der Waals surface area contributed by atoms with Crippen LogP contribution < -0.4 is 5.73 Å². The maximum absolute atomic E-state index is 6.05. The molecule has 0 spiro atoms. The van der Waals surface area contributed by atoms with Crippen LogP contribution in [0.1, 0.15) is 38.3 Å². The third kappa shape index (κ3) is 3.85. The van der Waals surface area contributed by atoms with E-state index in [0.29, 0.717) is 12.6 Å². The number of nitrogens with two attached hydrogens (primary N) is 1. The molecule has 0 aromatic heterocycles. The first-order chi connectivity index (χ1) is 9.52. The molecule has 1 unspecified atom stereocenters. The summed E-state index contributed by atoms with van der Waals surface area (Å²) in [5.41, 5.74) is 7.36. The van der Waals surface area contributed by atoms with Crippen molar-refractivity contribution in [3.05, 3.63) is 32.7 Å². The standard InChI is InChI=1S/C16H24Br2N2/c1-11(2)12-5-7-20(8-6-12)16(10-19)13-3-4-14(17)15(18)9-13/h3-4,9,11-12,16H,5-8,10,19H2,1-2H3. The van der Waals surface area contributed by atoms with Gasteiger partial charge in [0.05, 0.1) is 0 Å². The number of rotatable bonds is 4. The van der Waals surface area contributed by atoms with E-state index in [1.807, 2.05) is 0 Å². The molecule has 1 fully saturated rings. The van der Waals surface area contributed by atoms with Crippen LogP contribution in [0.25, 0.3) is 0 Å². The molecule has 2 rings (SSSR count). The van der Waals surface area contributed by atoms with Gasteiger partial charge < -0.3 is 5.73 Å². The number of likely N-dealkylation sites (tertiary alicyclic amines) is 1. The van der Waals surface area contributed by atoms with Crippen LogP contribution in [0, 0.1) is 11.8 Å². The van der Waals surface area contributed by atoms with Gasteiger partial charge in [-0.3, -0.25) is 4.90 Å². The molecular weight excluding hydrogens is 380 g/mol. The van der Waals surface area contributed by atoms with Crippen LogP contribution >= 0.6 is 31.9 Å². The topological polar surface area (TPSA) is 29.3 Å². The van der Waals surface area contributed by atoms with Gasteiger partial charge in [0, 0.05) is 21.5 Å². The highest BCUT2D eigenvalue weighted by Gasteiger charge is 2.26. The van der Waals surface area contributed by atoms with Gasteiger partial charge in [0.15, 0.2) is 0 Å². The summed E-state index contributed by atoms with van der Waals surface area (Å²) in [7, 11) is 0. The summed E-state index contributed by atoms with van der Waals surface area (Å²) >= 11 is 7.12. The first-order valence-corrected chi connectivity index (χ1v) is 9.00. The van der Waals surface area contributed by atoms with Gasteiger partial charge in [-0.1, -0.05) is 19.9 Å². The fourth-order valence-corrected chi connectivity index (χ4v) is 3.76. The quantitative estimate of drug-likeness (QED) is 0.796. The van der Waals surface area contributed by atoms with Crippen molar-refractivity contribution in [2.24, 2.45) is 17.6 Å². The van der Waals surface area contributed by atoms with E-state index in [9.17, 15) is 0 Å². The Labute approximate surface area is 139 Å². The second-order valence-electron chi connectivity index (χ2n) is 6.04. The third-order valence-corrected chi connectivity index (χ3v) is 6.39. The predicted molar refractivity (Wildman–Crippen MR) is 92.8 cm³/mol. The first kappa shape index (κ1) is 16.5. The van der Waals surface area contributed by atoms with Gasteiger partial charge in [0.1, 0.15) is 0 Å². The molecule has 20 heavy (non-hydrogen) atoms. The zero-order valence-corrected chi connectivity index (χ0v) is 15.5. The van der Waals surface area contributed by atoms with E-state index in [-0.39, 0.29) is 0 Å². The molecular formula is C16H24Br2N2. The maximum atomic E-state index is 6.05. The fourth-order valence-electron chi connectivity index (χ4n) is 3.11. The number of halogens is 2. The lowest BCUT2D eigenvalue weighted by atomic mass is 9.86. The highest BCUT2D eigenvalue weighted by Crippen LogP contribution is 2.32. The Morgan fingerprint density at radius 3 is 2.35 bits per heavy atom.